The Bertz CT molecular complexity index is 416. The van der Waals surface area contributed by atoms with E-state index in [1.165, 1.54) is 89.9 Å². The second-order valence-electron chi connectivity index (χ2n) is 8.35. The first kappa shape index (κ1) is 18.0. The smallest absolute Gasteiger partial charge is 0.193 e. The molecule has 1 unspecified atom stereocenters. The van der Waals surface area contributed by atoms with Crippen molar-refractivity contribution in [3.63, 3.8) is 0 Å². The van der Waals surface area contributed by atoms with Crippen LogP contribution in [0, 0.1) is 5.41 Å². The standard InChI is InChI=1S/C20H38N4/c1-3-21-19(24-16-12-20(17-24)10-8-11-20)22-13-5-7-15-23-14-6-4-9-18(23)2/h18H,3-17H2,1-2H3,(H,21,22). The minimum atomic E-state index is 0.653. The highest BCUT2D eigenvalue weighted by Crippen LogP contribution is 2.47. The van der Waals surface area contributed by atoms with Crippen molar-refractivity contribution in [3.8, 4) is 0 Å². The van der Waals surface area contributed by atoms with Crippen LogP contribution < -0.4 is 5.32 Å². The first-order chi connectivity index (χ1) is 11.7. The number of nitrogens with one attached hydrogen (secondary N) is 1. The molecule has 0 aromatic rings. The summed E-state index contributed by atoms with van der Waals surface area (Å²) in [5, 5.41) is 3.52. The van der Waals surface area contributed by atoms with Gasteiger partial charge in [0.25, 0.3) is 0 Å². The average Bonchev–Trinajstić information content (AvgIpc) is 3.01. The predicted molar refractivity (Wildman–Crippen MR) is 103 cm³/mol. The Kier molecular flexibility index (Phi) is 6.43. The molecule has 1 atom stereocenters. The van der Waals surface area contributed by atoms with E-state index in [2.05, 4.69) is 29.0 Å². The SMILES string of the molecule is CCNC(=NCCCCN1CCCCC1C)N1CCC2(CCC2)C1. The molecule has 0 radical (unpaired) electrons. The van der Waals surface area contributed by atoms with E-state index in [9.17, 15) is 0 Å². The number of hydrogen-bond acceptors (Lipinski definition) is 2. The number of piperidine rings is 1. The normalized spacial score (nSPS) is 27.5. The van der Waals surface area contributed by atoms with Crippen LogP contribution in [0.2, 0.25) is 0 Å². The van der Waals surface area contributed by atoms with E-state index >= 15 is 0 Å². The highest BCUT2D eigenvalue weighted by Gasteiger charge is 2.43. The van der Waals surface area contributed by atoms with E-state index in [0.717, 1.165) is 19.1 Å². The van der Waals surface area contributed by atoms with Crippen LogP contribution in [0.1, 0.15) is 71.6 Å². The number of rotatable bonds is 6. The average molecular weight is 335 g/mol. The van der Waals surface area contributed by atoms with Gasteiger partial charge < -0.3 is 15.1 Å². The van der Waals surface area contributed by atoms with Crippen LogP contribution >= 0.6 is 0 Å². The molecule has 3 aliphatic rings. The zero-order chi connectivity index (χ0) is 16.8. The van der Waals surface area contributed by atoms with Crippen LogP contribution in [0.15, 0.2) is 4.99 Å². The van der Waals surface area contributed by atoms with Crippen LogP contribution in [-0.4, -0.2) is 61.1 Å². The van der Waals surface area contributed by atoms with Gasteiger partial charge in [0.05, 0.1) is 0 Å². The molecule has 1 saturated carbocycles. The minimum Gasteiger partial charge on any atom is -0.357 e. The van der Waals surface area contributed by atoms with E-state index in [1.54, 1.807) is 0 Å². The first-order valence-corrected chi connectivity index (χ1v) is 10.5. The largest absolute Gasteiger partial charge is 0.357 e. The number of likely N-dealkylation sites (tertiary alicyclic amines) is 2. The van der Waals surface area contributed by atoms with Crippen molar-refractivity contribution in [1.82, 2.24) is 15.1 Å². The van der Waals surface area contributed by atoms with Gasteiger partial charge in [-0.3, -0.25) is 4.99 Å². The predicted octanol–water partition coefficient (Wildman–Crippen LogP) is 3.48. The third-order valence-electron chi connectivity index (χ3n) is 6.54. The van der Waals surface area contributed by atoms with Gasteiger partial charge in [0.15, 0.2) is 5.96 Å². The molecule has 2 saturated heterocycles. The molecular weight excluding hydrogens is 296 g/mol. The number of hydrogen-bond donors (Lipinski definition) is 1. The van der Waals surface area contributed by atoms with E-state index in [1.807, 2.05) is 0 Å². The lowest BCUT2D eigenvalue weighted by atomic mass is 9.68. The summed E-state index contributed by atoms with van der Waals surface area (Å²) in [6, 6.07) is 0.794. The number of unbranched alkanes of at least 4 members (excludes halogenated alkanes) is 1. The Balaban J connectivity index is 1.39. The Morgan fingerprint density at radius 2 is 2.00 bits per heavy atom. The maximum absolute atomic E-state index is 4.93. The van der Waals surface area contributed by atoms with Crippen LogP contribution in [0.25, 0.3) is 0 Å². The van der Waals surface area contributed by atoms with Crippen molar-refractivity contribution >= 4 is 5.96 Å². The molecule has 0 aromatic carbocycles. The molecule has 4 heteroatoms. The van der Waals surface area contributed by atoms with Crippen molar-refractivity contribution in [2.75, 3.05) is 39.3 Å². The van der Waals surface area contributed by atoms with Gasteiger partial charge in [0.1, 0.15) is 0 Å². The number of aliphatic imine (C=N–C) groups is 1. The van der Waals surface area contributed by atoms with Crippen molar-refractivity contribution < 1.29 is 0 Å². The van der Waals surface area contributed by atoms with Gasteiger partial charge in [-0.15, -0.1) is 0 Å². The van der Waals surface area contributed by atoms with Gasteiger partial charge in [-0.25, -0.2) is 0 Å². The zero-order valence-electron chi connectivity index (χ0n) is 16.0. The highest BCUT2D eigenvalue weighted by atomic mass is 15.3. The molecule has 3 fully saturated rings. The molecule has 138 valence electrons. The van der Waals surface area contributed by atoms with Gasteiger partial charge in [0, 0.05) is 32.2 Å². The third-order valence-corrected chi connectivity index (χ3v) is 6.54. The van der Waals surface area contributed by atoms with Crippen molar-refractivity contribution in [2.45, 2.75) is 77.7 Å². The van der Waals surface area contributed by atoms with E-state index in [4.69, 9.17) is 4.99 Å². The van der Waals surface area contributed by atoms with Crippen LogP contribution in [0.3, 0.4) is 0 Å². The van der Waals surface area contributed by atoms with Crippen LogP contribution in [0.5, 0.6) is 0 Å². The molecular formula is C20H38N4. The van der Waals surface area contributed by atoms with Gasteiger partial charge >= 0.3 is 0 Å². The molecule has 4 nitrogen and oxygen atoms in total. The van der Waals surface area contributed by atoms with E-state index in [-0.39, 0.29) is 0 Å². The van der Waals surface area contributed by atoms with Gasteiger partial charge in [0.2, 0.25) is 0 Å². The second-order valence-corrected chi connectivity index (χ2v) is 8.35. The van der Waals surface area contributed by atoms with Crippen molar-refractivity contribution in [2.24, 2.45) is 10.4 Å². The maximum Gasteiger partial charge on any atom is 0.193 e. The Hall–Kier alpha value is -0.770. The Labute approximate surface area is 149 Å². The fraction of sp³-hybridized carbons (Fsp3) is 0.950. The van der Waals surface area contributed by atoms with Gasteiger partial charge in [-0.1, -0.05) is 12.8 Å². The molecule has 1 N–H and O–H groups in total. The summed E-state index contributed by atoms with van der Waals surface area (Å²) in [5.74, 6) is 1.17. The maximum atomic E-state index is 4.93. The Morgan fingerprint density at radius 3 is 2.67 bits per heavy atom. The monoisotopic (exact) mass is 334 g/mol. The second kappa shape index (κ2) is 8.55. The number of nitrogens with zero attached hydrogens (tertiary/aromatic N) is 3. The van der Waals surface area contributed by atoms with Gasteiger partial charge in [-0.2, -0.15) is 0 Å². The minimum absolute atomic E-state index is 0.653. The van der Waals surface area contributed by atoms with Crippen LogP contribution in [0.4, 0.5) is 0 Å². The summed E-state index contributed by atoms with van der Waals surface area (Å²) in [5.41, 5.74) is 0.653. The molecule has 2 aliphatic heterocycles. The molecule has 1 aliphatic carbocycles. The molecule has 3 rings (SSSR count). The molecule has 0 bridgehead atoms. The third kappa shape index (κ3) is 4.44. The number of guanidine groups is 1. The fourth-order valence-corrected chi connectivity index (χ4v) is 4.73. The molecule has 1 spiro atoms. The summed E-state index contributed by atoms with van der Waals surface area (Å²) in [4.78, 5) is 10.1. The first-order valence-electron chi connectivity index (χ1n) is 10.5. The summed E-state index contributed by atoms with van der Waals surface area (Å²) >= 11 is 0. The Morgan fingerprint density at radius 1 is 1.12 bits per heavy atom. The zero-order valence-corrected chi connectivity index (χ0v) is 16.0. The van der Waals surface area contributed by atoms with Gasteiger partial charge in [-0.05, 0) is 77.3 Å². The lowest BCUT2D eigenvalue weighted by Crippen LogP contribution is -2.42. The van der Waals surface area contributed by atoms with Crippen LogP contribution in [-0.2, 0) is 0 Å². The lowest BCUT2D eigenvalue weighted by Gasteiger charge is -2.38. The summed E-state index contributed by atoms with van der Waals surface area (Å²) < 4.78 is 0. The summed E-state index contributed by atoms with van der Waals surface area (Å²) in [6.45, 7) is 11.6. The van der Waals surface area contributed by atoms with Crippen molar-refractivity contribution in [1.29, 1.82) is 0 Å². The highest BCUT2D eigenvalue weighted by molar-refractivity contribution is 5.80. The fourth-order valence-electron chi connectivity index (χ4n) is 4.73. The molecule has 0 amide bonds. The molecule has 2 heterocycles. The lowest BCUT2D eigenvalue weighted by molar-refractivity contribution is 0.151. The van der Waals surface area contributed by atoms with Crippen molar-refractivity contribution in [3.05, 3.63) is 0 Å². The molecule has 24 heavy (non-hydrogen) atoms. The van der Waals surface area contributed by atoms with E-state index < -0.39 is 0 Å². The summed E-state index contributed by atoms with van der Waals surface area (Å²) in [6.07, 6.45) is 12.4. The van der Waals surface area contributed by atoms with E-state index in [0.29, 0.717) is 5.41 Å². The quantitative estimate of drug-likeness (QED) is 0.458. The topological polar surface area (TPSA) is 30.9 Å². The summed E-state index contributed by atoms with van der Waals surface area (Å²) in [7, 11) is 0. The molecule has 0 aromatic heterocycles.